The van der Waals surface area contributed by atoms with Gasteiger partial charge in [0, 0.05) is 32.7 Å². The number of nitrogens with zero attached hydrogens (tertiary/aromatic N) is 2. The van der Waals surface area contributed by atoms with Gasteiger partial charge in [0.15, 0.2) is 11.6 Å². The van der Waals surface area contributed by atoms with Gasteiger partial charge in [-0.1, -0.05) is 0 Å². The smallest absolute Gasteiger partial charge is 0.238 e. The van der Waals surface area contributed by atoms with Crippen LogP contribution in [0.1, 0.15) is 0 Å². The zero-order valence-corrected chi connectivity index (χ0v) is 12.8. The maximum Gasteiger partial charge on any atom is 0.238 e. The number of halogens is 1. The third kappa shape index (κ3) is 4.63. The number of hydrogen-bond donors (Lipinski definition) is 1. The molecule has 0 saturated carbocycles. The molecular formula is C13H20FN3O3S. The molecule has 1 aliphatic rings. The van der Waals surface area contributed by atoms with Gasteiger partial charge in [0.2, 0.25) is 10.0 Å². The number of rotatable bonds is 5. The van der Waals surface area contributed by atoms with Crippen molar-refractivity contribution in [3.63, 3.8) is 0 Å². The largest absolute Gasteiger partial charge is 0.489 e. The first-order valence-electron chi connectivity index (χ1n) is 6.72. The van der Waals surface area contributed by atoms with E-state index in [1.54, 1.807) is 0 Å². The van der Waals surface area contributed by atoms with Crippen molar-refractivity contribution in [2.45, 2.75) is 4.90 Å². The molecule has 1 heterocycles. The average molecular weight is 317 g/mol. The maximum absolute atomic E-state index is 13.7. The predicted molar refractivity (Wildman–Crippen MR) is 77.2 cm³/mol. The van der Waals surface area contributed by atoms with Crippen molar-refractivity contribution in [3.8, 4) is 5.75 Å². The first kappa shape index (κ1) is 16.2. The standard InChI is InChI=1S/C13H20FN3O3S/c1-16-4-6-17(7-5-16)8-9-20-13-3-2-11(10-12(13)14)21(15,18)19/h2-3,10H,4-9H2,1H3,(H2,15,18,19). The molecule has 0 spiro atoms. The second-order valence-electron chi connectivity index (χ2n) is 5.13. The zero-order chi connectivity index (χ0) is 15.5. The van der Waals surface area contributed by atoms with E-state index in [1.165, 1.54) is 12.1 Å². The molecular weight excluding hydrogens is 297 g/mol. The summed E-state index contributed by atoms with van der Waals surface area (Å²) in [6.07, 6.45) is 0. The summed E-state index contributed by atoms with van der Waals surface area (Å²) in [5.74, 6) is -0.684. The van der Waals surface area contributed by atoms with E-state index < -0.39 is 15.8 Å². The van der Waals surface area contributed by atoms with Crippen molar-refractivity contribution < 1.29 is 17.5 Å². The van der Waals surface area contributed by atoms with Crippen LogP contribution in [0.3, 0.4) is 0 Å². The summed E-state index contributed by atoms with van der Waals surface area (Å²) in [7, 11) is -1.81. The molecule has 1 aromatic rings. The van der Waals surface area contributed by atoms with Gasteiger partial charge in [-0.05, 0) is 25.2 Å². The molecule has 6 nitrogen and oxygen atoms in total. The Hall–Kier alpha value is -1.22. The fourth-order valence-corrected chi connectivity index (χ4v) is 2.66. The summed E-state index contributed by atoms with van der Waals surface area (Å²) >= 11 is 0. The zero-order valence-electron chi connectivity index (χ0n) is 12.0. The van der Waals surface area contributed by atoms with Crippen LogP contribution >= 0.6 is 0 Å². The third-order valence-corrected chi connectivity index (χ3v) is 4.40. The third-order valence-electron chi connectivity index (χ3n) is 3.49. The molecule has 0 aliphatic carbocycles. The highest BCUT2D eigenvalue weighted by Crippen LogP contribution is 2.20. The van der Waals surface area contributed by atoms with E-state index >= 15 is 0 Å². The Morgan fingerprint density at radius 3 is 2.52 bits per heavy atom. The molecule has 0 aromatic heterocycles. The fraction of sp³-hybridized carbons (Fsp3) is 0.538. The van der Waals surface area contributed by atoms with Crippen molar-refractivity contribution in [1.82, 2.24) is 9.80 Å². The number of sulfonamides is 1. The van der Waals surface area contributed by atoms with Crippen molar-refractivity contribution >= 4 is 10.0 Å². The quantitative estimate of drug-likeness (QED) is 0.833. The second-order valence-corrected chi connectivity index (χ2v) is 6.69. The molecule has 0 atom stereocenters. The molecule has 2 N–H and O–H groups in total. The van der Waals surface area contributed by atoms with Gasteiger partial charge in [-0.25, -0.2) is 17.9 Å². The van der Waals surface area contributed by atoms with Crippen molar-refractivity contribution in [2.24, 2.45) is 5.14 Å². The molecule has 0 unspecified atom stereocenters. The van der Waals surface area contributed by atoms with E-state index in [1.807, 2.05) is 0 Å². The van der Waals surface area contributed by atoms with Gasteiger partial charge in [0.1, 0.15) is 6.61 Å². The second kappa shape index (κ2) is 6.69. The van der Waals surface area contributed by atoms with Gasteiger partial charge in [0.25, 0.3) is 0 Å². The number of likely N-dealkylation sites (N-methyl/N-ethyl adjacent to an activating group) is 1. The van der Waals surface area contributed by atoms with Crippen molar-refractivity contribution in [3.05, 3.63) is 24.0 Å². The van der Waals surface area contributed by atoms with Crippen LogP contribution in [0, 0.1) is 5.82 Å². The maximum atomic E-state index is 13.7. The lowest BCUT2D eigenvalue weighted by Gasteiger charge is -2.32. The summed E-state index contributed by atoms with van der Waals surface area (Å²) < 4.78 is 41.3. The Morgan fingerprint density at radius 1 is 1.29 bits per heavy atom. The summed E-state index contributed by atoms with van der Waals surface area (Å²) in [5, 5.41) is 4.94. The number of piperazine rings is 1. The van der Waals surface area contributed by atoms with E-state index in [0.717, 1.165) is 32.2 Å². The van der Waals surface area contributed by atoms with Crippen molar-refractivity contribution in [2.75, 3.05) is 46.4 Å². The van der Waals surface area contributed by atoms with Crippen LogP contribution in [0.5, 0.6) is 5.75 Å². The Labute approximate surface area is 124 Å². The topological polar surface area (TPSA) is 75.9 Å². The SMILES string of the molecule is CN1CCN(CCOc2ccc(S(N)(=O)=O)cc2F)CC1. The van der Waals surface area contributed by atoms with E-state index in [4.69, 9.17) is 9.88 Å². The number of hydrogen-bond acceptors (Lipinski definition) is 5. The first-order chi connectivity index (χ1) is 9.86. The Morgan fingerprint density at radius 2 is 1.95 bits per heavy atom. The molecule has 0 amide bonds. The van der Waals surface area contributed by atoms with E-state index in [9.17, 15) is 12.8 Å². The summed E-state index contributed by atoms with van der Waals surface area (Å²) in [6, 6.07) is 3.41. The van der Waals surface area contributed by atoms with Gasteiger partial charge in [-0.15, -0.1) is 0 Å². The van der Waals surface area contributed by atoms with Gasteiger partial charge < -0.3 is 9.64 Å². The first-order valence-corrected chi connectivity index (χ1v) is 8.27. The summed E-state index contributed by atoms with van der Waals surface area (Å²) in [4.78, 5) is 4.24. The fourth-order valence-electron chi connectivity index (χ4n) is 2.13. The van der Waals surface area contributed by atoms with Crippen LogP contribution < -0.4 is 9.88 Å². The highest BCUT2D eigenvalue weighted by molar-refractivity contribution is 7.89. The minimum absolute atomic E-state index is 0.0385. The minimum atomic E-state index is -3.89. The molecule has 118 valence electrons. The number of primary sulfonamides is 1. The van der Waals surface area contributed by atoms with E-state index in [0.29, 0.717) is 13.2 Å². The highest BCUT2D eigenvalue weighted by Gasteiger charge is 2.15. The Bertz CT molecular complexity index is 586. The number of ether oxygens (including phenoxy) is 1. The molecule has 21 heavy (non-hydrogen) atoms. The van der Waals surface area contributed by atoms with Crippen LogP contribution in [-0.2, 0) is 10.0 Å². The highest BCUT2D eigenvalue weighted by atomic mass is 32.2. The molecule has 1 saturated heterocycles. The molecule has 1 fully saturated rings. The van der Waals surface area contributed by atoms with Gasteiger partial charge in [-0.3, -0.25) is 4.90 Å². The summed E-state index contributed by atoms with van der Waals surface area (Å²) in [5.41, 5.74) is 0. The van der Waals surface area contributed by atoms with Crippen LogP contribution in [0.15, 0.2) is 23.1 Å². The molecule has 1 aromatic carbocycles. The average Bonchev–Trinajstić information content (AvgIpc) is 2.41. The lowest BCUT2D eigenvalue weighted by Crippen LogP contribution is -2.45. The molecule has 0 bridgehead atoms. The monoisotopic (exact) mass is 317 g/mol. The molecule has 0 radical (unpaired) electrons. The lowest BCUT2D eigenvalue weighted by molar-refractivity contribution is 0.132. The molecule has 2 rings (SSSR count). The van der Waals surface area contributed by atoms with Gasteiger partial charge >= 0.3 is 0 Å². The van der Waals surface area contributed by atoms with Gasteiger partial charge in [-0.2, -0.15) is 0 Å². The van der Waals surface area contributed by atoms with Crippen LogP contribution in [0.4, 0.5) is 4.39 Å². The lowest BCUT2D eigenvalue weighted by atomic mass is 10.3. The van der Waals surface area contributed by atoms with Crippen LogP contribution in [0.2, 0.25) is 0 Å². The minimum Gasteiger partial charge on any atom is -0.489 e. The van der Waals surface area contributed by atoms with Crippen molar-refractivity contribution in [1.29, 1.82) is 0 Å². The molecule has 8 heteroatoms. The molecule has 1 aliphatic heterocycles. The van der Waals surface area contributed by atoms with Crippen LogP contribution in [-0.4, -0.2) is 64.6 Å². The number of nitrogens with two attached hydrogens (primary N) is 1. The normalized spacial score (nSPS) is 17.9. The Kier molecular flexibility index (Phi) is 5.15. The number of benzene rings is 1. The summed E-state index contributed by atoms with van der Waals surface area (Å²) in [6.45, 7) is 5.02. The van der Waals surface area contributed by atoms with E-state index in [-0.39, 0.29) is 10.6 Å². The predicted octanol–water partition coefficient (Wildman–Crippen LogP) is 0.0993. The Balaban J connectivity index is 1.86. The van der Waals surface area contributed by atoms with Gasteiger partial charge in [0.05, 0.1) is 4.90 Å². The van der Waals surface area contributed by atoms with Crippen LogP contribution in [0.25, 0.3) is 0 Å². The van der Waals surface area contributed by atoms with E-state index in [2.05, 4.69) is 16.8 Å².